The lowest BCUT2D eigenvalue weighted by Crippen LogP contribution is -1.95. The zero-order valence-electron chi connectivity index (χ0n) is 46.5. The second kappa shape index (κ2) is 9.73. The van der Waals surface area contributed by atoms with Gasteiger partial charge in [-0.3, -0.25) is 0 Å². The predicted octanol–water partition coefficient (Wildman–Crippen LogP) is 12.3. The van der Waals surface area contributed by atoms with E-state index in [0.29, 0.717) is 0 Å². The van der Waals surface area contributed by atoms with E-state index >= 15 is 0 Å². The molecule has 9 rings (SSSR count). The van der Waals surface area contributed by atoms with Gasteiger partial charge in [0, 0.05) is 15.2 Å². The smallest absolute Gasteiger partial charge is 0.0635 e. The maximum Gasteiger partial charge on any atom is 0.0635 e. The fraction of sp³-hybridized carbons (Fsp3) is 0. The molecule has 8 aromatic carbocycles. The summed E-state index contributed by atoms with van der Waals surface area (Å²) in [4.78, 5) is 0.0312. The van der Waals surface area contributed by atoms with Crippen LogP contribution < -0.4 is 0 Å². The van der Waals surface area contributed by atoms with Crippen molar-refractivity contribution in [3.63, 3.8) is 0 Å². The Balaban J connectivity index is 1.59. The molecule has 1 heterocycles. The Morgan fingerprint density at radius 1 is 0.349 bits per heavy atom. The second-order valence-corrected chi connectivity index (χ2v) is 10.4. The lowest BCUT2D eigenvalue weighted by atomic mass is 9.84. The highest BCUT2D eigenvalue weighted by Crippen LogP contribution is 2.51. The van der Waals surface area contributed by atoms with E-state index < -0.39 is 205 Å². The summed E-state index contributed by atoms with van der Waals surface area (Å²) in [6, 6.07) is -19.8. The molecule has 0 saturated carbocycles. The second-order valence-electron chi connectivity index (χ2n) is 9.33. The van der Waals surface area contributed by atoms with Gasteiger partial charge >= 0.3 is 0 Å². The van der Waals surface area contributed by atoms with Crippen LogP contribution in [-0.2, 0) is 0 Å². The van der Waals surface area contributed by atoms with Gasteiger partial charge in [0.2, 0.25) is 0 Å². The van der Waals surface area contributed by atoms with E-state index in [0.717, 1.165) is 11.8 Å². The lowest BCUT2D eigenvalue weighted by molar-refractivity contribution is 1.40. The summed E-state index contributed by atoms with van der Waals surface area (Å²) in [5.41, 5.74) is -4.50. The van der Waals surface area contributed by atoms with E-state index in [1.54, 1.807) is 0 Å². The van der Waals surface area contributed by atoms with Gasteiger partial charge in [0.25, 0.3) is 0 Å². The van der Waals surface area contributed by atoms with Crippen LogP contribution in [0.1, 0.15) is 34.3 Å². The van der Waals surface area contributed by atoms with Crippen molar-refractivity contribution in [3.8, 4) is 44.5 Å². The summed E-state index contributed by atoms with van der Waals surface area (Å²) in [6.07, 6.45) is 0. The SMILES string of the molecule is [2H]c1cc2c(c([2H])c1[2H])-c1c([2H])c([2H])c([2H])c3c(-c4c5c([2H])c([2H])c([2H])c([2H])c5c(-c5c([2H])c([2H])c(-c6c([2H])c([2H])c([2H])c([2H])c6[2H])c([2H])c5[2H])c5c([2H])c([2H])c([2H])c([2H])c45)c([2H])c([2H])c(c13)S2. The van der Waals surface area contributed by atoms with Crippen molar-refractivity contribution in [1.29, 1.82) is 0 Å². The minimum Gasteiger partial charge on any atom is -0.0888 e. The standard InChI is InChI=1S/C42H26S/c1-2-11-27(12-3-1)28-21-23-29(24-22-28)40-32-14-4-6-16-34(32)41(35-17-7-5-15-33(35)40)37-25-26-39-42-31(18-10-19-36(37)42)30-13-8-9-20-38(30)43-39/h1-26H/i1D,2D,3D,4D,5D,6D,7D,8D,9D,10D,11D,12D,13D,14D,15D,16D,17D,18D,19D,21D,22D,23D,24D,25D,26D. The van der Waals surface area contributed by atoms with Gasteiger partial charge in [-0.15, -0.1) is 0 Å². The topological polar surface area (TPSA) is 0 Å². The summed E-state index contributed by atoms with van der Waals surface area (Å²) in [7, 11) is 0. The molecule has 0 unspecified atom stereocenters. The zero-order chi connectivity index (χ0) is 50.1. The van der Waals surface area contributed by atoms with Crippen molar-refractivity contribution in [3.05, 3.63) is 157 Å². The van der Waals surface area contributed by atoms with Gasteiger partial charge in [0.15, 0.2) is 0 Å². The molecule has 1 aliphatic rings. The number of rotatable bonds is 3. The molecule has 0 nitrogen and oxygen atoms in total. The molecule has 0 radical (unpaired) electrons. The third kappa shape index (κ3) is 3.79. The average molecular weight is 588 g/mol. The first-order valence-electron chi connectivity index (χ1n) is 25.2. The van der Waals surface area contributed by atoms with Crippen molar-refractivity contribution in [1.82, 2.24) is 0 Å². The van der Waals surface area contributed by atoms with Gasteiger partial charge in [-0.2, -0.15) is 0 Å². The third-order valence-corrected chi connectivity index (χ3v) is 8.13. The lowest BCUT2D eigenvalue weighted by Gasteiger charge is -2.23. The van der Waals surface area contributed by atoms with Crippen molar-refractivity contribution in [2.24, 2.45) is 0 Å². The molecule has 0 fully saturated rings. The molecule has 8 aromatic rings. The quantitative estimate of drug-likeness (QED) is 0.185. The Morgan fingerprint density at radius 2 is 0.907 bits per heavy atom. The van der Waals surface area contributed by atoms with Gasteiger partial charge in [-0.1, -0.05) is 157 Å². The molecule has 0 spiro atoms. The molecule has 200 valence electrons. The van der Waals surface area contributed by atoms with Crippen molar-refractivity contribution in [2.45, 2.75) is 9.79 Å². The summed E-state index contributed by atoms with van der Waals surface area (Å²) >= 11 is 0.783. The molecular formula is C42H26S. The number of hydrogen-bond donors (Lipinski definition) is 0. The van der Waals surface area contributed by atoms with Crippen molar-refractivity contribution >= 4 is 44.1 Å². The monoisotopic (exact) mass is 587 g/mol. The van der Waals surface area contributed by atoms with Crippen LogP contribution >= 0.6 is 11.8 Å². The maximum atomic E-state index is 9.63. The number of hydrogen-bond acceptors (Lipinski definition) is 1. The Morgan fingerprint density at radius 3 is 1.63 bits per heavy atom. The predicted molar refractivity (Wildman–Crippen MR) is 185 cm³/mol. The zero-order valence-corrected chi connectivity index (χ0v) is 22.3. The average Bonchev–Trinajstić information content (AvgIpc) is 3.31. The molecular weight excluding hydrogens is 537 g/mol. The van der Waals surface area contributed by atoms with Crippen LogP contribution in [0.4, 0.5) is 0 Å². The van der Waals surface area contributed by atoms with E-state index in [4.69, 9.17) is 19.2 Å². The summed E-state index contributed by atoms with van der Waals surface area (Å²) in [5, 5.41) is -3.26. The largest absolute Gasteiger partial charge is 0.0888 e. The fourth-order valence-electron chi connectivity index (χ4n) is 5.29. The van der Waals surface area contributed by atoms with Gasteiger partial charge in [0.05, 0.1) is 34.3 Å². The number of fused-ring (bicyclic) bond motifs is 4. The van der Waals surface area contributed by atoms with Crippen LogP contribution in [0, 0.1) is 0 Å². The van der Waals surface area contributed by atoms with Crippen LogP contribution in [-0.4, -0.2) is 0 Å². The Labute approximate surface area is 290 Å². The Bertz CT molecular complexity index is 3630. The number of benzene rings is 8. The fourth-order valence-corrected chi connectivity index (χ4v) is 6.29. The van der Waals surface area contributed by atoms with Crippen LogP contribution in [0.5, 0.6) is 0 Å². The van der Waals surface area contributed by atoms with Gasteiger partial charge in [-0.25, -0.2) is 0 Å². The van der Waals surface area contributed by atoms with Gasteiger partial charge in [-0.05, 0) is 83.5 Å². The molecule has 1 aliphatic heterocycles. The van der Waals surface area contributed by atoms with Crippen molar-refractivity contribution < 1.29 is 34.3 Å². The van der Waals surface area contributed by atoms with Crippen LogP contribution in [0.25, 0.3) is 76.8 Å². The first-order chi connectivity index (χ1) is 31.7. The minimum absolute atomic E-state index is 0.0910. The first kappa shape index (κ1) is 10.3. The Kier molecular flexibility index (Phi) is 2.32. The first-order valence-corrected chi connectivity index (χ1v) is 13.6. The maximum absolute atomic E-state index is 9.63. The molecule has 0 aliphatic carbocycles. The van der Waals surface area contributed by atoms with Crippen molar-refractivity contribution in [2.75, 3.05) is 0 Å². The normalized spacial score (nSPS) is 20.2. The van der Waals surface area contributed by atoms with Gasteiger partial charge < -0.3 is 0 Å². The van der Waals surface area contributed by atoms with E-state index in [1.165, 1.54) is 6.07 Å². The molecule has 43 heavy (non-hydrogen) atoms. The molecule has 0 bridgehead atoms. The highest BCUT2D eigenvalue weighted by molar-refractivity contribution is 7.99. The minimum atomic E-state index is -1.03. The summed E-state index contributed by atoms with van der Waals surface area (Å²) < 4.78 is 224. The van der Waals surface area contributed by atoms with Crippen LogP contribution in [0.15, 0.2) is 167 Å². The van der Waals surface area contributed by atoms with E-state index in [1.807, 2.05) is 0 Å². The van der Waals surface area contributed by atoms with Crippen LogP contribution in [0.3, 0.4) is 0 Å². The van der Waals surface area contributed by atoms with Crippen LogP contribution in [0.2, 0.25) is 0 Å². The molecule has 0 N–H and O–H groups in total. The summed E-state index contributed by atoms with van der Waals surface area (Å²) in [6.45, 7) is 0. The molecule has 0 aromatic heterocycles. The highest BCUT2D eigenvalue weighted by Gasteiger charge is 2.23. The third-order valence-electron chi connectivity index (χ3n) is 7.07. The summed E-state index contributed by atoms with van der Waals surface area (Å²) in [5.74, 6) is 0. The molecule has 0 amide bonds. The highest BCUT2D eigenvalue weighted by atomic mass is 32.2. The molecule has 0 atom stereocenters. The Hall–Kier alpha value is -5.11. The molecule has 1 heteroatoms. The molecule has 0 saturated heterocycles. The van der Waals surface area contributed by atoms with E-state index in [2.05, 4.69) is 0 Å². The van der Waals surface area contributed by atoms with E-state index in [9.17, 15) is 15.1 Å². The van der Waals surface area contributed by atoms with E-state index in [-0.39, 0.29) is 32.3 Å². The van der Waals surface area contributed by atoms with Gasteiger partial charge in [0.1, 0.15) is 0 Å².